The summed E-state index contributed by atoms with van der Waals surface area (Å²) < 4.78 is 10.5. The summed E-state index contributed by atoms with van der Waals surface area (Å²) in [6.45, 7) is 7.13. The van der Waals surface area contributed by atoms with Gasteiger partial charge in [-0.15, -0.1) is 11.3 Å². The van der Waals surface area contributed by atoms with E-state index in [1.807, 2.05) is 19.1 Å². The molecule has 0 spiro atoms. The molecule has 0 aromatic carbocycles. The average Bonchev–Trinajstić information content (AvgIpc) is 3.38. The van der Waals surface area contributed by atoms with Crippen molar-refractivity contribution in [2.45, 2.75) is 45.7 Å². The van der Waals surface area contributed by atoms with E-state index in [4.69, 9.17) is 14.1 Å². The number of ether oxygens (including phenoxy) is 1. The second kappa shape index (κ2) is 10.9. The van der Waals surface area contributed by atoms with Gasteiger partial charge in [-0.05, 0) is 51.0 Å². The molecule has 3 rings (SSSR count). The molecule has 0 atom stereocenters. The molecule has 0 aliphatic carbocycles. The lowest BCUT2D eigenvalue weighted by atomic mass is 10.1. The van der Waals surface area contributed by atoms with Crippen LogP contribution in [0.3, 0.4) is 0 Å². The van der Waals surface area contributed by atoms with Crippen LogP contribution in [-0.2, 0) is 17.7 Å². The number of furan rings is 1. The average molecular weight is 419 g/mol. The Morgan fingerprint density at radius 3 is 2.83 bits per heavy atom. The van der Waals surface area contributed by atoms with Gasteiger partial charge < -0.3 is 24.7 Å². The Morgan fingerprint density at radius 1 is 1.34 bits per heavy atom. The molecule has 2 aromatic heterocycles. The molecule has 0 radical (unpaired) electrons. The van der Waals surface area contributed by atoms with Crippen LogP contribution in [0.25, 0.3) is 0 Å². The normalized spacial score (nSPS) is 15.4. The predicted molar refractivity (Wildman–Crippen MR) is 115 cm³/mol. The molecule has 2 N–H and O–H groups in total. The summed E-state index contributed by atoms with van der Waals surface area (Å²) in [5, 5.41) is 6.95. The number of nitrogens with zero attached hydrogens (tertiary/aromatic N) is 2. The van der Waals surface area contributed by atoms with Gasteiger partial charge in [0.1, 0.15) is 5.76 Å². The van der Waals surface area contributed by atoms with Crippen LogP contribution in [0.15, 0.2) is 39.9 Å². The fourth-order valence-electron chi connectivity index (χ4n) is 3.25. The van der Waals surface area contributed by atoms with Crippen molar-refractivity contribution < 1.29 is 13.9 Å². The highest BCUT2D eigenvalue weighted by Gasteiger charge is 2.24. The minimum atomic E-state index is -0.218. The summed E-state index contributed by atoms with van der Waals surface area (Å²) in [5.74, 6) is 1.76. The Balaban J connectivity index is 1.53. The van der Waals surface area contributed by atoms with Gasteiger partial charge in [0.15, 0.2) is 5.96 Å². The van der Waals surface area contributed by atoms with Gasteiger partial charge in [0.05, 0.1) is 19.4 Å². The molecular formula is C21H30N4O3S. The summed E-state index contributed by atoms with van der Waals surface area (Å²) in [4.78, 5) is 21.0. The highest BCUT2D eigenvalue weighted by Crippen LogP contribution is 2.16. The van der Waals surface area contributed by atoms with Crippen molar-refractivity contribution in [1.29, 1.82) is 0 Å². The molecule has 1 fully saturated rings. The Morgan fingerprint density at radius 2 is 2.17 bits per heavy atom. The maximum Gasteiger partial charge on any atom is 0.409 e. The summed E-state index contributed by atoms with van der Waals surface area (Å²) >= 11 is 1.77. The number of aliphatic imine (C=N–C) groups is 1. The zero-order chi connectivity index (χ0) is 20.5. The second-order valence-corrected chi connectivity index (χ2v) is 8.41. The fourth-order valence-corrected chi connectivity index (χ4v) is 4.07. The third kappa shape index (κ3) is 6.81. The van der Waals surface area contributed by atoms with Crippen LogP contribution in [0.2, 0.25) is 0 Å². The van der Waals surface area contributed by atoms with Crippen molar-refractivity contribution in [2.75, 3.05) is 26.2 Å². The lowest BCUT2D eigenvalue weighted by Crippen LogP contribution is -2.50. The number of thiophene rings is 1. The Bertz CT molecular complexity index is 780. The molecule has 1 aliphatic heterocycles. The maximum atomic E-state index is 11.9. The molecule has 158 valence electrons. The summed E-state index contributed by atoms with van der Waals surface area (Å²) in [6, 6.07) is 8.41. The van der Waals surface area contributed by atoms with Crippen LogP contribution in [0.1, 0.15) is 35.3 Å². The Labute approximate surface area is 176 Å². The Hall–Kier alpha value is -2.48. The van der Waals surface area contributed by atoms with Crippen LogP contribution in [0.5, 0.6) is 0 Å². The van der Waals surface area contributed by atoms with Gasteiger partial charge in [0, 0.05) is 41.9 Å². The zero-order valence-corrected chi connectivity index (χ0v) is 18.0. The minimum Gasteiger partial charge on any atom is -0.469 e. The first-order valence-corrected chi connectivity index (χ1v) is 11.0. The Kier molecular flexibility index (Phi) is 7.98. The van der Waals surface area contributed by atoms with Gasteiger partial charge in [-0.3, -0.25) is 0 Å². The van der Waals surface area contributed by atoms with E-state index in [1.165, 1.54) is 9.75 Å². The van der Waals surface area contributed by atoms with E-state index in [-0.39, 0.29) is 12.1 Å². The number of nitrogens with one attached hydrogen (secondary N) is 2. The number of amides is 1. The molecule has 3 heterocycles. The first kappa shape index (κ1) is 21.2. The molecule has 1 aliphatic rings. The predicted octanol–water partition coefficient (Wildman–Crippen LogP) is 3.55. The molecule has 0 bridgehead atoms. The van der Waals surface area contributed by atoms with E-state index >= 15 is 0 Å². The lowest BCUT2D eigenvalue weighted by molar-refractivity contribution is 0.0963. The summed E-state index contributed by atoms with van der Waals surface area (Å²) in [7, 11) is 0. The van der Waals surface area contributed by atoms with Gasteiger partial charge in [-0.1, -0.05) is 0 Å². The molecule has 1 saturated heterocycles. The number of carbonyl (C=O) groups excluding carboxylic acids is 1. The first-order valence-electron chi connectivity index (χ1n) is 10.2. The number of hydrogen-bond acceptors (Lipinski definition) is 5. The van der Waals surface area contributed by atoms with E-state index in [0.717, 1.165) is 37.5 Å². The van der Waals surface area contributed by atoms with Gasteiger partial charge in [-0.2, -0.15) is 0 Å². The quantitative estimate of drug-likeness (QED) is 0.531. The van der Waals surface area contributed by atoms with E-state index in [1.54, 1.807) is 22.5 Å². The van der Waals surface area contributed by atoms with Crippen LogP contribution >= 0.6 is 11.3 Å². The van der Waals surface area contributed by atoms with Crippen molar-refractivity contribution in [2.24, 2.45) is 4.99 Å². The largest absolute Gasteiger partial charge is 0.469 e. The second-order valence-electron chi connectivity index (χ2n) is 7.04. The van der Waals surface area contributed by atoms with Crippen molar-refractivity contribution in [3.63, 3.8) is 0 Å². The van der Waals surface area contributed by atoms with Gasteiger partial charge in [0.2, 0.25) is 0 Å². The van der Waals surface area contributed by atoms with E-state index in [0.29, 0.717) is 26.2 Å². The number of piperidine rings is 1. The van der Waals surface area contributed by atoms with Crippen LogP contribution < -0.4 is 10.6 Å². The van der Waals surface area contributed by atoms with Gasteiger partial charge in [-0.25, -0.2) is 9.79 Å². The van der Waals surface area contributed by atoms with E-state index < -0.39 is 0 Å². The SMILES string of the molecule is CCOC(=O)N1CCC(NC(=NCc2ccc(C)s2)NCCc2ccco2)CC1. The molecule has 0 unspecified atom stereocenters. The van der Waals surface area contributed by atoms with E-state index in [9.17, 15) is 4.79 Å². The third-order valence-electron chi connectivity index (χ3n) is 4.79. The zero-order valence-electron chi connectivity index (χ0n) is 17.1. The number of guanidine groups is 1. The van der Waals surface area contributed by atoms with Crippen molar-refractivity contribution in [3.8, 4) is 0 Å². The van der Waals surface area contributed by atoms with Crippen molar-refractivity contribution in [1.82, 2.24) is 15.5 Å². The molecule has 2 aromatic rings. The fraction of sp³-hybridized carbons (Fsp3) is 0.524. The standard InChI is InChI=1S/C21H30N4O3S/c1-3-27-21(26)25-12-9-17(10-13-25)24-20(22-11-8-18-5-4-14-28-18)23-15-19-7-6-16(2)29-19/h4-7,14,17H,3,8-13,15H2,1-2H3,(H2,22,23,24). The summed E-state index contributed by atoms with van der Waals surface area (Å²) in [5.41, 5.74) is 0. The molecule has 29 heavy (non-hydrogen) atoms. The van der Waals surface area contributed by atoms with Crippen molar-refractivity contribution in [3.05, 3.63) is 46.0 Å². The van der Waals surface area contributed by atoms with Gasteiger partial charge in [0.25, 0.3) is 0 Å². The number of hydrogen-bond donors (Lipinski definition) is 2. The maximum absolute atomic E-state index is 11.9. The number of aryl methyl sites for hydroxylation is 1. The van der Waals surface area contributed by atoms with E-state index in [2.05, 4.69) is 29.7 Å². The topological polar surface area (TPSA) is 79.1 Å². The molecular weight excluding hydrogens is 388 g/mol. The lowest BCUT2D eigenvalue weighted by Gasteiger charge is -2.32. The molecule has 0 saturated carbocycles. The molecule has 7 nitrogen and oxygen atoms in total. The smallest absolute Gasteiger partial charge is 0.409 e. The number of carbonyl (C=O) groups is 1. The highest BCUT2D eigenvalue weighted by molar-refractivity contribution is 7.11. The van der Waals surface area contributed by atoms with Crippen molar-refractivity contribution >= 4 is 23.4 Å². The number of rotatable bonds is 7. The molecule has 8 heteroatoms. The van der Waals surface area contributed by atoms with Crippen LogP contribution in [-0.4, -0.2) is 49.2 Å². The minimum absolute atomic E-state index is 0.218. The molecule has 1 amide bonds. The van der Waals surface area contributed by atoms with Crippen LogP contribution in [0.4, 0.5) is 4.79 Å². The highest BCUT2D eigenvalue weighted by atomic mass is 32.1. The van der Waals surface area contributed by atoms with Crippen LogP contribution in [0, 0.1) is 6.92 Å². The summed E-state index contributed by atoms with van der Waals surface area (Å²) in [6.07, 6.45) is 4.02. The third-order valence-corrected chi connectivity index (χ3v) is 5.78. The van der Waals surface area contributed by atoms with Gasteiger partial charge >= 0.3 is 6.09 Å². The first-order chi connectivity index (χ1) is 14.1. The number of likely N-dealkylation sites (tertiary alicyclic amines) is 1. The monoisotopic (exact) mass is 418 g/mol.